The molecule has 0 fully saturated rings. The highest BCUT2D eigenvalue weighted by Gasteiger charge is 2.21. The van der Waals surface area contributed by atoms with Crippen LogP contribution in [0.3, 0.4) is 0 Å². The third-order valence-corrected chi connectivity index (χ3v) is 3.30. The van der Waals surface area contributed by atoms with Crippen LogP contribution in [0.4, 0.5) is 4.79 Å². The highest BCUT2D eigenvalue weighted by atomic mass is 16.6. The van der Waals surface area contributed by atoms with E-state index in [0.717, 1.165) is 5.56 Å². The molecule has 0 unspecified atom stereocenters. The first-order valence-electron chi connectivity index (χ1n) is 8.04. The second-order valence-electron chi connectivity index (χ2n) is 6.57. The number of hydrogen-bond donors (Lipinski definition) is 3. The van der Waals surface area contributed by atoms with Crippen LogP contribution in [0.15, 0.2) is 0 Å². The molecule has 7 heteroatoms. The van der Waals surface area contributed by atoms with Gasteiger partial charge in [0.25, 0.3) is 5.91 Å². The van der Waals surface area contributed by atoms with Crippen molar-refractivity contribution in [2.24, 2.45) is 0 Å². The lowest BCUT2D eigenvalue weighted by Gasteiger charge is -2.19. The van der Waals surface area contributed by atoms with Crippen molar-refractivity contribution < 1.29 is 19.1 Å². The van der Waals surface area contributed by atoms with E-state index in [1.807, 2.05) is 6.92 Å². The predicted octanol–water partition coefficient (Wildman–Crippen LogP) is 2.34. The summed E-state index contributed by atoms with van der Waals surface area (Å²) in [6.45, 7) is 11.0. The highest BCUT2D eigenvalue weighted by Crippen LogP contribution is 2.20. The summed E-state index contributed by atoms with van der Waals surface area (Å²) in [6, 6.07) is 0. The molecule has 0 aliphatic heterocycles. The van der Waals surface area contributed by atoms with E-state index in [2.05, 4.69) is 15.6 Å². The van der Waals surface area contributed by atoms with E-state index < -0.39 is 11.7 Å². The number of aryl methyl sites for hydroxylation is 1. The zero-order valence-electron chi connectivity index (χ0n) is 15.3. The van der Waals surface area contributed by atoms with Gasteiger partial charge < -0.3 is 20.4 Å². The Labute approximate surface area is 142 Å². The number of H-pyrrole nitrogens is 1. The minimum absolute atomic E-state index is 0.0637. The van der Waals surface area contributed by atoms with Crippen molar-refractivity contribution in [3.8, 4) is 0 Å². The molecule has 2 amide bonds. The monoisotopic (exact) mass is 337 g/mol. The van der Waals surface area contributed by atoms with Crippen LogP contribution in [0.25, 0.3) is 0 Å². The molecule has 0 saturated carbocycles. The molecule has 1 aromatic rings. The number of hydrogen-bond acceptors (Lipinski definition) is 4. The predicted molar refractivity (Wildman–Crippen MR) is 91.5 cm³/mol. The first kappa shape index (κ1) is 19.7. The van der Waals surface area contributed by atoms with Crippen LogP contribution in [0.5, 0.6) is 0 Å². The van der Waals surface area contributed by atoms with E-state index in [9.17, 15) is 14.4 Å². The van der Waals surface area contributed by atoms with Crippen LogP contribution in [0, 0.1) is 6.92 Å². The maximum Gasteiger partial charge on any atom is 0.407 e. The van der Waals surface area contributed by atoms with Gasteiger partial charge in [-0.3, -0.25) is 9.59 Å². The van der Waals surface area contributed by atoms with Gasteiger partial charge in [-0.25, -0.2) is 4.79 Å². The first-order chi connectivity index (χ1) is 11.1. The van der Waals surface area contributed by atoms with Crippen LogP contribution >= 0.6 is 0 Å². The standard InChI is InChI=1S/C17H27N3O4/c1-7-12-13(11(3)21)10(2)20-14(12)15(22)18-8-9-19-16(23)24-17(4,5)6/h20H,7-9H2,1-6H3,(H,18,22)(H,19,23). The number of aromatic amines is 1. The van der Waals surface area contributed by atoms with Crippen LogP contribution in [0.1, 0.15) is 66.7 Å². The van der Waals surface area contributed by atoms with E-state index in [-0.39, 0.29) is 24.8 Å². The minimum Gasteiger partial charge on any atom is -0.444 e. The Kier molecular flexibility index (Phi) is 6.57. The number of rotatable bonds is 6. The highest BCUT2D eigenvalue weighted by molar-refractivity contribution is 6.02. The Hall–Kier alpha value is -2.31. The van der Waals surface area contributed by atoms with E-state index >= 15 is 0 Å². The maximum atomic E-state index is 12.3. The van der Waals surface area contributed by atoms with Gasteiger partial charge in [-0.15, -0.1) is 0 Å². The van der Waals surface area contributed by atoms with E-state index in [0.29, 0.717) is 23.4 Å². The fourth-order valence-corrected chi connectivity index (χ4v) is 2.44. The fraction of sp³-hybridized carbons (Fsp3) is 0.588. The van der Waals surface area contributed by atoms with Gasteiger partial charge in [0.05, 0.1) is 0 Å². The fourth-order valence-electron chi connectivity index (χ4n) is 2.44. The molecule has 0 bridgehead atoms. The van der Waals surface area contributed by atoms with Crippen molar-refractivity contribution in [2.75, 3.05) is 13.1 Å². The summed E-state index contributed by atoms with van der Waals surface area (Å²) in [4.78, 5) is 38.5. The normalized spacial score (nSPS) is 11.1. The average molecular weight is 337 g/mol. The van der Waals surface area contributed by atoms with Gasteiger partial charge in [-0.05, 0) is 46.6 Å². The summed E-state index contributed by atoms with van der Waals surface area (Å²) in [5, 5.41) is 5.29. The number of carbonyl (C=O) groups excluding carboxylic acids is 3. The molecule has 1 heterocycles. The zero-order chi connectivity index (χ0) is 18.5. The number of Topliss-reactive ketones (excluding diaryl/α,β-unsaturated/α-hetero) is 1. The van der Waals surface area contributed by atoms with Crippen molar-refractivity contribution in [3.63, 3.8) is 0 Å². The number of carbonyl (C=O) groups is 3. The van der Waals surface area contributed by atoms with E-state index in [1.54, 1.807) is 27.7 Å². The van der Waals surface area contributed by atoms with Crippen molar-refractivity contribution in [1.29, 1.82) is 0 Å². The van der Waals surface area contributed by atoms with Crippen LogP contribution in [-0.2, 0) is 11.2 Å². The van der Waals surface area contributed by atoms with E-state index in [1.165, 1.54) is 6.92 Å². The molecule has 1 aromatic heterocycles. The molecule has 0 saturated heterocycles. The Morgan fingerprint density at radius 2 is 1.71 bits per heavy atom. The van der Waals surface area contributed by atoms with Gasteiger partial charge in [0.2, 0.25) is 0 Å². The Balaban J connectivity index is 2.59. The molecule has 0 atom stereocenters. The van der Waals surface area contributed by atoms with Crippen molar-refractivity contribution >= 4 is 17.8 Å². The lowest BCUT2D eigenvalue weighted by Crippen LogP contribution is -2.38. The third kappa shape index (κ3) is 5.40. The van der Waals surface area contributed by atoms with Crippen LogP contribution < -0.4 is 10.6 Å². The van der Waals surface area contributed by atoms with Gasteiger partial charge in [0.15, 0.2) is 5.78 Å². The number of ketones is 1. The third-order valence-electron chi connectivity index (χ3n) is 3.30. The number of ether oxygens (including phenoxy) is 1. The summed E-state index contributed by atoms with van der Waals surface area (Å²) in [5.41, 5.74) is 1.83. The lowest BCUT2D eigenvalue weighted by molar-refractivity contribution is 0.0526. The number of amides is 2. The molecular weight excluding hydrogens is 310 g/mol. The molecule has 0 aromatic carbocycles. The zero-order valence-corrected chi connectivity index (χ0v) is 15.3. The molecular formula is C17H27N3O4. The van der Waals surface area contributed by atoms with Gasteiger partial charge >= 0.3 is 6.09 Å². The van der Waals surface area contributed by atoms with E-state index in [4.69, 9.17) is 4.74 Å². The summed E-state index contributed by atoms with van der Waals surface area (Å²) in [5.74, 6) is -0.361. The Morgan fingerprint density at radius 1 is 1.12 bits per heavy atom. The Morgan fingerprint density at radius 3 is 2.21 bits per heavy atom. The van der Waals surface area contributed by atoms with Crippen molar-refractivity contribution in [1.82, 2.24) is 15.6 Å². The van der Waals surface area contributed by atoms with Crippen molar-refractivity contribution in [3.05, 3.63) is 22.5 Å². The molecule has 134 valence electrons. The van der Waals surface area contributed by atoms with Crippen LogP contribution in [0.2, 0.25) is 0 Å². The largest absolute Gasteiger partial charge is 0.444 e. The summed E-state index contributed by atoms with van der Waals surface area (Å²) < 4.78 is 5.10. The van der Waals surface area contributed by atoms with Crippen molar-refractivity contribution in [2.45, 2.75) is 53.6 Å². The van der Waals surface area contributed by atoms with Gasteiger partial charge in [0, 0.05) is 24.3 Å². The van der Waals surface area contributed by atoms with Gasteiger partial charge in [-0.1, -0.05) is 6.92 Å². The molecule has 7 nitrogen and oxygen atoms in total. The second-order valence-corrected chi connectivity index (χ2v) is 6.57. The number of aromatic nitrogens is 1. The summed E-state index contributed by atoms with van der Waals surface area (Å²) >= 11 is 0. The molecule has 24 heavy (non-hydrogen) atoms. The molecule has 0 spiro atoms. The first-order valence-corrected chi connectivity index (χ1v) is 8.04. The molecule has 0 aliphatic carbocycles. The summed E-state index contributed by atoms with van der Waals surface area (Å²) in [7, 11) is 0. The van der Waals surface area contributed by atoms with Gasteiger partial charge in [-0.2, -0.15) is 0 Å². The second kappa shape index (κ2) is 7.99. The lowest BCUT2D eigenvalue weighted by atomic mass is 10.0. The molecule has 0 radical (unpaired) electrons. The minimum atomic E-state index is -0.561. The molecule has 0 aliphatic rings. The maximum absolute atomic E-state index is 12.3. The van der Waals surface area contributed by atoms with Crippen LogP contribution in [-0.4, -0.2) is 41.5 Å². The Bertz CT molecular complexity index is 627. The summed E-state index contributed by atoms with van der Waals surface area (Å²) in [6.07, 6.45) is 0.0543. The smallest absolute Gasteiger partial charge is 0.407 e. The SMILES string of the molecule is CCc1c(C(=O)NCCNC(=O)OC(C)(C)C)[nH]c(C)c1C(C)=O. The number of nitrogens with one attached hydrogen (secondary N) is 3. The van der Waals surface area contributed by atoms with Gasteiger partial charge in [0.1, 0.15) is 11.3 Å². The quantitative estimate of drug-likeness (QED) is 0.548. The average Bonchev–Trinajstić information content (AvgIpc) is 2.78. The molecule has 3 N–H and O–H groups in total. The topological polar surface area (TPSA) is 100 Å². The molecule has 1 rings (SSSR count). The number of alkyl carbamates (subject to hydrolysis) is 1.